The highest BCUT2D eigenvalue weighted by atomic mass is 16.2. The average molecular weight is 403 g/mol. The standard InChI is InChI=1S/C22H25N7O/c1-14(2)20-24-18-15(3)26-27(4)19(18)21(25-20)28-8-10-29(11-9-28)22(30)17-7-5-6-16(12-17)13-23/h5-7,12,14H,8-11H2,1-4H3. The number of rotatable bonds is 3. The second kappa shape index (κ2) is 7.75. The molecule has 8 nitrogen and oxygen atoms in total. The molecular weight excluding hydrogens is 378 g/mol. The molecule has 0 N–H and O–H groups in total. The van der Waals surface area contributed by atoms with Crippen molar-refractivity contribution in [3.05, 3.63) is 46.9 Å². The van der Waals surface area contributed by atoms with Crippen LogP contribution in [0, 0.1) is 18.3 Å². The Balaban J connectivity index is 1.59. The number of carbonyl (C=O) groups is 1. The Bertz CT molecular complexity index is 1150. The summed E-state index contributed by atoms with van der Waals surface area (Å²) in [5.74, 6) is 1.85. The summed E-state index contributed by atoms with van der Waals surface area (Å²) in [5.41, 5.74) is 3.76. The lowest BCUT2D eigenvalue weighted by Gasteiger charge is -2.36. The van der Waals surface area contributed by atoms with E-state index in [9.17, 15) is 4.79 Å². The molecule has 0 unspecified atom stereocenters. The van der Waals surface area contributed by atoms with Crippen LogP contribution < -0.4 is 4.90 Å². The zero-order valence-electron chi connectivity index (χ0n) is 17.8. The smallest absolute Gasteiger partial charge is 0.254 e. The van der Waals surface area contributed by atoms with Crippen molar-refractivity contribution in [1.29, 1.82) is 5.26 Å². The number of amides is 1. The average Bonchev–Trinajstić information content (AvgIpc) is 3.06. The number of aromatic nitrogens is 4. The maximum Gasteiger partial charge on any atom is 0.254 e. The van der Waals surface area contributed by atoms with Gasteiger partial charge in [-0.15, -0.1) is 0 Å². The summed E-state index contributed by atoms with van der Waals surface area (Å²) < 4.78 is 1.84. The molecule has 1 aliphatic rings. The van der Waals surface area contributed by atoms with E-state index in [0.717, 1.165) is 28.4 Å². The molecule has 1 saturated heterocycles. The molecule has 1 amide bonds. The third-order valence-corrected chi connectivity index (χ3v) is 5.47. The quantitative estimate of drug-likeness (QED) is 0.668. The van der Waals surface area contributed by atoms with Gasteiger partial charge in [0.15, 0.2) is 5.82 Å². The Morgan fingerprint density at radius 1 is 1.17 bits per heavy atom. The summed E-state index contributed by atoms with van der Waals surface area (Å²) in [6.45, 7) is 8.68. The van der Waals surface area contributed by atoms with Crippen molar-refractivity contribution in [3.8, 4) is 6.07 Å². The number of piperazine rings is 1. The molecule has 154 valence electrons. The highest BCUT2D eigenvalue weighted by Gasteiger charge is 2.26. The van der Waals surface area contributed by atoms with E-state index in [1.54, 1.807) is 24.3 Å². The van der Waals surface area contributed by atoms with Crippen molar-refractivity contribution < 1.29 is 4.79 Å². The van der Waals surface area contributed by atoms with Crippen LogP contribution in [-0.4, -0.2) is 56.7 Å². The lowest BCUT2D eigenvalue weighted by Crippen LogP contribution is -2.49. The van der Waals surface area contributed by atoms with Crippen molar-refractivity contribution in [3.63, 3.8) is 0 Å². The van der Waals surface area contributed by atoms with Gasteiger partial charge >= 0.3 is 0 Å². The van der Waals surface area contributed by atoms with Gasteiger partial charge in [-0.05, 0) is 25.1 Å². The van der Waals surface area contributed by atoms with Gasteiger partial charge < -0.3 is 9.80 Å². The number of hydrogen-bond donors (Lipinski definition) is 0. The lowest BCUT2D eigenvalue weighted by molar-refractivity contribution is 0.0746. The minimum atomic E-state index is -0.0427. The normalized spacial score (nSPS) is 14.4. The molecule has 0 atom stereocenters. The predicted octanol–water partition coefficient (Wildman–Crippen LogP) is 2.63. The van der Waals surface area contributed by atoms with Crippen molar-refractivity contribution >= 4 is 22.8 Å². The highest BCUT2D eigenvalue weighted by Crippen LogP contribution is 2.28. The Kier molecular flexibility index (Phi) is 5.12. The second-order valence-electron chi connectivity index (χ2n) is 7.94. The molecule has 0 spiro atoms. The van der Waals surface area contributed by atoms with Crippen LogP contribution in [0.3, 0.4) is 0 Å². The first kappa shape index (κ1) is 19.8. The van der Waals surface area contributed by atoms with Gasteiger partial charge in [-0.25, -0.2) is 9.97 Å². The number of nitriles is 1. The minimum Gasteiger partial charge on any atom is -0.351 e. The minimum absolute atomic E-state index is 0.0427. The van der Waals surface area contributed by atoms with E-state index in [1.165, 1.54) is 0 Å². The number of fused-ring (bicyclic) bond motifs is 1. The van der Waals surface area contributed by atoms with Crippen molar-refractivity contribution in [2.75, 3.05) is 31.1 Å². The van der Waals surface area contributed by atoms with Crippen molar-refractivity contribution in [1.82, 2.24) is 24.6 Å². The summed E-state index contributed by atoms with van der Waals surface area (Å²) >= 11 is 0. The van der Waals surface area contributed by atoms with Gasteiger partial charge in [0.05, 0.1) is 17.3 Å². The van der Waals surface area contributed by atoms with Gasteiger partial charge in [-0.2, -0.15) is 10.4 Å². The van der Waals surface area contributed by atoms with Crippen LogP contribution in [0.1, 0.15) is 47.2 Å². The zero-order chi connectivity index (χ0) is 21.4. The van der Waals surface area contributed by atoms with Gasteiger partial charge in [0.1, 0.15) is 16.9 Å². The monoisotopic (exact) mass is 403 g/mol. The highest BCUT2D eigenvalue weighted by molar-refractivity contribution is 5.95. The number of anilines is 1. The Morgan fingerprint density at radius 2 is 1.90 bits per heavy atom. The van der Waals surface area contributed by atoms with Crippen LogP contribution >= 0.6 is 0 Å². The summed E-state index contributed by atoms with van der Waals surface area (Å²) in [6.07, 6.45) is 0. The largest absolute Gasteiger partial charge is 0.351 e. The molecule has 0 bridgehead atoms. The summed E-state index contributed by atoms with van der Waals surface area (Å²) in [7, 11) is 1.92. The Morgan fingerprint density at radius 3 is 2.57 bits per heavy atom. The van der Waals surface area contributed by atoms with E-state index in [0.29, 0.717) is 37.3 Å². The molecule has 3 aromatic rings. The molecule has 4 rings (SSSR count). The predicted molar refractivity (Wildman–Crippen MR) is 114 cm³/mol. The number of aryl methyl sites for hydroxylation is 2. The van der Waals surface area contributed by atoms with Crippen LogP contribution in [0.4, 0.5) is 5.82 Å². The summed E-state index contributed by atoms with van der Waals surface area (Å²) in [6, 6.07) is 8.95. The van der Waals surface area contributed by atoms with E-state index >= 15 is 0 Å². The van der Waals surface area contributed by atoms with E-state index in [2.05, 4.69) is 29.9 Å². The van der Waals surface area contributed by atoms with Crippen LogP contribution in [0.15, 0.2) is 24.3 Å². The Labute approximate surface area is 175 Å². The zero-order valence-corrected chi connectivity index (χ0v) is 17.8. The number of nitrogens with zero attached hydrogens (tertiary/aromatic N) is 7. The van der Waals surface area contributed by atoms with Crippen molar-refractivity contribution in [2.45, 2.75) is 26.7 Å². The van der Waals surface area contributed by atoms with E-state index in [4.69, 9.17) is 15.2 Å². The molecule has 8 heteroatoms. The van der Waals surface area contributed by atoms with Crippen LogP contribution in [0.2, 0.25) is 0 Å². The van der Waals surface area contributed by atoms with Gasteiger partial charge in [0.25, 0.3) is 5.91 Å². The van der Waals surface area contributed by atoms with Gasteiger partial charge in [0, 0.05) is 44.7 Å². The van der Waals surface area contributed by atoms with E-state index < -0.39 is 0 Å². The number of carbonyl (C=O) groups excluding carboxylic acids is 1. The molecule has 2 aromatic heterocycles. The fourth-order valence-corrected chi connectivity index (χ4v) is 3.84. The van der Waals surface area contributed by atoms with Crippen molar-refractivity contribution in [2.24, 2.45) is 7.05 Å². The second-order valence-corrected chi connectivity index (χ2v) is 7.94. The van der Waals surface area contributed by atoms with Crippen LogP contribution in [-0.2, 0) is 7.05 Å². The molecule has 30 heavy (non-hydrogen) atoms. The molecule has 1 aromatic carbocycles. The van der Waals surface area contributed by atoms with Gasteiger partial charge in [0.2, 0.25) is 0 Å². The number of benzene rings is 1. The Hall–Kier alpha value is -3.47. The molecule has 0 aliphatic carbocycles. The maximum atomic E-state index is 12.9. The summed E-state index contributed by atoms with van der Waals surface area (Å²) in [4.78, 5) is 26.5. The lowest BCUT2D eigenvalue weighted by atomic mass is 10.1. The molecular formula is C22H25N7O. The van der Waals surface area contributed by atoms with Gasteiger partial charge in [-0.1, -0.05) is 19.9 Å². The first-order chi connectivity index (χ1) is 14.4. The van der Waals surface area contributed by atoms with E-state index in [-0.39, 0.29) is 11.8 Å². The third-order valence-electron chi connectivity index (χ3n) is 5.47. The summed E-state index contributed by atoms with van der Waals surface area (Å²) in [5, 5.41) is 13.6. The fourth-order valence-electron chi connectivity index (χ4n) is 3.84. The first-order valence-corrected chi connectivity index (χ1v) is 10.1. The molecule has 0 radical (unpaired) electrons. The topological polar surface area (TPSA) is 90.9 Å². The molecule has 1 fully saturated rings. The number of hydrogen-bond acceptors (Lipinski definition) is 6. The molecule has 1 aliphatic heterocycles. The van der Waals surface area contributed by atoms with Crippen LogP contribution in [0.25, 0.3) is 11.0 Å². The van der Waals surface area contributed by atoms with E-state index in [1.807, 2.05) is 23.6 Å². The fraction of sp³-hybridized carbons (Fsp3) is 0.409. The molecule has 3 heterocycles. The van der Waals surface area contributed by atoms with Gasteiger partial charge in [-0.3, -0.25) is 9.48 Å². The third kappa shape index (κ3) is 3.47. The SMILES string of the molecule is Cc1nn(C)c2c(N3CCN(C(=O)c4cccc(C#N)c4)CC3)nc(C(C)C)nc12. The first-order valence-electron chi connectivity index (χ1n) is 10.1. The molecule has 0 saturated carbocycles. The maximum absolute atomic E-state index is 12.9. The van der Waals surface area contributed by atoms with Crippen LogP contribution in [0.5, 0.6) is 0 Å².